The Morgan fingerprint density at radius 1 is 1.23 bits per heavy atom. The van der Waals surface area contributed by atoms with Gasteiger partial charge >= 0.3 is 0 Å². The maximum absolute atomic E-state index is 12.2. The first kappa shape index (κ1) is 23.5. The zero-order chi connectivity index (χ0) is 16.8. The van der Waals surface area contributed by atoms with E-state index in [9.17, 15) is 4.79 Å². The highest BCUT2D eigenvalue weighted by Gasteiger charge is 2.23. The molecular formula is C18H28Cl3N3O2. The molecule has 5 nitrogen and oxygen atoms in total. The van der Waals surface area contributed by atoms with Crippen molar-refractivity contribution in [3.05, 3.63) is 34.9 Å². The summed E-state index contributed by atoms with van der Waals surface area (Å²) in [6.07, 6.45) is 2.52. The maximum atomic E-state index is 12.2. The van der Waals surface area contributed by atoms with E-state index in [-0.39, 0.29) is 36.8 Å². The Hall–Kier alpha value is -0.560. The smallest absolute Gasteiger partial charge is 0.221 e. The van der Waals surface area contributed by atoms with Crippen LogP contribution in [0.2, 0.25) is 5.02 Å². The van der Waals surface area contributed by atoms with Crippen molar-refractivity contribution >= 4 is 42.3 Å². The van der Waals surface area contributed by atoms with Crippen LogP contribution in [0.5, 0.6) is 0 Å². The van der Waals surface area contributed by atoms with E-state index in [1.807, 2.05) is 12.1 Å². The van der Waals surface area contributed by atoms with Crippen LogP contribution >= 0.6 is 36.4 Å². The molecule has 0 bridgehead atoms. The summed E-state index contributed by atoms with van der Waals surface area (Å²) in [7, 11) is 0. The number of hydrogen-bond donors (Lipinski definition) is 2. The van der Waals surface area contributed by atoms with E-state index >= 15 is 0 Å². The number of hydrogen-bond acceptors (Lipinski definition) is 4. The second kappa shape index (κ2) is 12.0. The summed E-state index contributed by atoms with van der Waals surface area (Å²) in [6.45, 7) is 5.18. The minimum atomic E-state index is 0. The van der Waals surface area contributed by atoms with Crippen LogP contribution in [0.25, 0.3) is 0 Å². The lowest BCUT2D eigenvalue weighted by molar-refractivity contribution is -0.123. The number of halogens is 3. The van der Waals surface area contributed by atoms with E-state index in [1.54, 1.807) is 0 Å². The standard InChI is InChI=1S/C18H26ClN3O2.2ClH/c19-15-3-1-14(2-4-15)12-22-8-5-16(6-9-22)21-18(23)11-17-13-24-10-7-20-17;;/h1-4,16-17,20H,5-13H2,(H,21,23);2*1H. The van der Waals surface area contributed by atoms with Crippen LogP contribution in [-0.2, 0) is 16.1 Å². The number of carbonyl (C=O) groups is 1. The fraction of sp³-hybridized carbons (Fsp3) is 0.611. The Labute approximate surface area is 173 Å². The van der Waals surface area contributed by atoms with Gasteiger partial charge in [0.05, 0.1) is 13.2 Å². The molecule has 2 aliphatic rings. The normalized spacial score (nSPS) is 21.3. The van der Waals surface area contributed by atoms with Gasteiger partial charge in [-0.1, -0.05) is 23.7 Å². The fourth-order valence-corrected chi connectivity index (χ4v) is 3.47. The number of ether oxygens (including phenoxy) is 1. The Kier molecular flexibility index (Phi) is 10.8. The van der Waals surface area contributed by atoms with Crippen molar-refractivity contribution in [3.8, 4) is 0 Å². The molecule has 2 saturated heterocycles. The average Bonchev–Trinajstić information content (AvgIpc) is 2.59. The van der Waals surface area contributed by atoms with Gasteiger partial charge in [0, 0.05) is 49.7 Å². The lowest BCUT2D eigenvalue weighted by Crippen LogP contribution is -2.48. The first-order valence-electron chi connectivity index (χ1n) is 8.76. The third-order valence-electron chi connectivity index (χ3n) is 4.70. The predicted molar refractivity (Wildman–Crippen MR) is 110 cm³/mol. The van der Waals surface area contributed by atoms with Crippen LogP contribution in [0, 0.1) is 0 Å². The van der Waals surface area contributed by atoms with E-state index < -0.39 is 0 Å². The van der Waals surface area contributed by atoms with Crippen LogP contribution in [0.15, 0.2) is 24.3 Å². The number of benzene rings is 1. The molecule has 0 saturated carbocycles. The molecule has 2 fully saturated rings. The molecule has 0 radical (unpaired) electrons. The largest absolute Gasteiger partial charge is 0.378 e. The van der Waals surface area contributed by atoms with Gasteiger partial charge < -0.3 is 15.4 Å². The molecule has 26 heavy (non-hydrogen) atoms. The number of nitrogens with one attached hydrogen (secondary N) is 2. The number of nitrogens with zero attached hydrogens (tertiary/aromatic N) is 1. The van der Waals surface area contributed by atoms with Crippen molar-refractivity contribution in [3.63, 3.8) is 0 Å². The molecule has 2 heterocycles. The number of piperidine rings is 1. The van der Waals surface area contributed by atoms with Crippen molar-refractivity contribution in [2.24, 2.45) is 0 Å². The summed E-state index contributed by atoms with van der Waals surface area (Å²) >= 11 is 5.93. The van der Waals surface area contributed by atoms with E-state index in [1.165, 1.54) is 5.56 Å². The van der Waals surface area contributed by atoms with Crippen molar-refractivity contribution in [2.45, 2.75) is 37.9 Å². The second-order valence-corrected chi connectivity index (χ2v) is 7.11. The molecule has 148 valence electrons. The molecule has 8 heteroatoms. The molecular weight excluding hydrogens is 397 g/mol. The highest BCUT2D eigenvalue weighted by Crippen LogP contribution is 2.16. The first-order chi connectivity index (χ1) is 11.7. The number of amides is 1. The Bertz CT molecular complexity index is 531. The van der Waals surface area contributed by atoms with Gasteiger partial charge in [0.25, 0.3) is 0 Å². The third-order valence-corrected chi connectivity index (χ3v) is 4.95. The summed E-state index contributed by atoms with van der Waals surface area (Å²) in [4.78, 5) is 14.6. The van der Waals surface area contributed by atoms with Gasteiger partial charge in [0.1, 0.15) is 0 Å². The summed E-state index contributed by atoms with van der Waals surface area (Å²) in [5.74, 6) is 0.133. The van der Waals surface area contributed by atoms with Gasteiger partial charge in [-0.25, -0.2) is 0 Å². The number of morpholine rings is 1. The molecule has 1 aromatic rings. The Morgan fingerprint density at radius 2 is 1.92 bits per heavy atom. The Morgan fingerprint density at radius 3 is 2.54 bits per heavy atom. The van der Waals surface area contributed by atoms with Gasteiger partial charge in [-0.2, -0.15) is 0 Å². The summed E-state index contributed by atoms with van der Waals surface area (Å²) in [6, 6.07) is 8.48. The monoisotopic (exact) mass is 423 g/mol. The zero-order valence-electron chi connectivity index (χ0n) is 14.8. The summed E-state index contributed by atoms with van der Waals surface area (Å²) in [5, 5.41) is 7.28. The van der Waals surface area contributed by atoms with Crippen LogP contribution in [-0.4, -0.2) is 55.7 Å². The Balaban J connectivity index is 0.00000169. The quantitative estimate of drug-likeness (QED) is 0.763. The molecule has 3 rings (SSSR count). The van der Waals surface area contributed by atoms with Gasteiger partial charge in [0.15, 0.2) is 0 Å². The van der Waals surface area contributed by atoms with E-state index in [0.717, 1.165) is 50.7 Å². The van der Waals surface area contributed by atoms with Crippen molar-refractivity contribution in [1.82, 2.24) is 15.5 Å². The summed E-state index contributed by atoms with van der Waals surface area (Å²) in [5.41, 5.74) is 1.28. The van der Waals surface area contributed by atoms with E-state index in [0.29, 0.717) is 19.1 Å². The molecule has 0 spiro atoms. The maximum Gasteiger partial charge on any atom is 0.221 e. The highest BCUT2D eigenvalue weighted by atomic mass is 35.5. The summed E-state index contributed by atoms with van der Waals surface area (Å²) < 4.78 is 5.39. The topological polar surface area (TPSA) is 53.6 Å². The molecule has 0 aromatic heterocycles. The average molecular weight is 425 g/mol. The molecule has 0 aliphatic carbocycles. The lowest BCUT2D eigenvalue weighted by atomic mass is 10.0. The van der Waals surface area contributed by atoms with Crippen molar-refractivity contribution < 1.29 is 9.53 Å². The SMILES string of the molecule is Cl.Cl.O=C(CC1COCCN1)NC1CCN(Cc2ccc(Cl)cc2)CC1. The molecule has 2 N–H and O–H groups in total. The second-order valence-electron chi connectivity index (χ2n) is 6.67. The molecule has 1 unspecified atom stereocenters. The van der Waals surface area contributed by atoms with Crippen molar-refractivity contribution in [2.75, 3.05) is 32.8 Å². The number of likely N-dealkylation sites (tertiary alicyclic amines) is 1. The molecule has 1 aromatic carbocycles. The zero-order valence-corrected chi connectivity index (χ0v) is 17.2. The van der Waals surface area contributed by atoms with E-state index in [2.05, 4.69) is 27.7 Å². The number of rotatable bonds is 5. The molecule has 2 aliphatic heterocycles. The molecule has 1 atom stereocenters. The van der Waals surface area contributed by atoms with Gasteiger partial charge in [0.2, 0.25) is 5.91 Å². The van der Waals surface area contributed by atoms with Gasteiger partial charge in [-0.15, -0.1) is 24.8 Å². The van der Waals surface area contributed by atoms with Crippen molar-refractivity contribution in [1.29, 1.82) is 0 Å². The predicted octanol–water partition coefficient (Wildman–Crippen LogP) is 2.64. The minimum absolute atomic E-state index is 0. The minimum Gasteiger partial charge on any atom is -0.378 e. The van der Waals surface area contributed by atoms with Crippen LogP contribution in [0.4, 0.5) is 0 Å². The van der Waals surface area contributed by atoms with E-state index in [4.69, 9.17) is 16.3 Å². The van der Waals surface area contributed by atoms with Gasteiger partial charge in [-0.05, 0) is 30.5 Å². The van der Waals surface area contributed by atoms with Gasteiger partial charge in [-0.3, -0.25) is 9.69 Å². The molecule has 1 amide bonds. The van der Waals surface area contributed by atoms with Crippen LogP contribution in [0.1, 0.15) is 24.8 Å². The number of carbonyl (C=O) groups excluding carboxylic acids is 1. The third kappa shape index (κ3) is 7.59. The first-order valence-corrected chi connectivity index (χ1v) is 9.14. The van der Waals surface area contributed by atoms with Crippen LogP contribution in [0.3, 0.4) is 0 Å². The van der Waals surface area contributed by atoms with Crippen LogP contribution < -0.4 is 10.6 Å². The fourth-order valence-electron chi connectivity index (χ4n) is 3.34. The highest BCUT2D eigenvalue weighted by molar-refractivity contribution is 6.30. The lowest BCUT2D eigenvalue weighted by Gasteiger charge is -2.33.